The summed E-state index contributed by atoms with van der Waals surface area (Å²) < 4.78 is 16.8. The molecule has 0 spiro atoms. The molecule has 0 atom stereocenters. The molecule has 2 heterocycles. The lowest BCUT2D eigenvalue weighted by Crippen LogP contribution is -2.37. The molecule has 1 aliphatic rings. The summed E-state index contributed by atoms with van der Waals surface area (Å²) in [5.41, 5.74) is 3.02. The quantitative estimate of drug-likeness (QED) is 0.243. The van der Waals surface area contributed by atoms with Crippen molar-refractivity contribution in [1.82, 2.24) is 15.6 Å². The molecule has 0 amide bonds. The van der Waals surface area contributed by atoms with Crippen molar-refractivity contribution in [3.05, 3.63) is 41.8 Å². The minimum absolute atomic E-state index is 0. The first kappa shape index (κ1) is 23.6. The Morgan fingerprint density at radius 2 is 1.97 bits per heavy atom. The van der Waals surface area contributed by atoms with Gasteiger partial charge in [0.1, 0.15) is 6.26 Å². The summed E-state index contributed by atoms with van der Waals surface area (Å²) >= 11 is 0. The van der Waals surface area contributed by atoms with E-state index in [0.717, 1.165) is 62.8 Å². The van der Waals surface area contributed by atoms with Gasteiger partial charge in [0, 0.05) is 39.0 Å². The van der Waals surface area contributed by atoms with E-state index in [0.29, 0.717) is 18.5 Å². The Labute approximate surface area is 189 Å². The van der Waals surface area contributed by atoms with Crippen molar-refractivity contribution in [2.24, 2.45) is 4.99 Å². The molecule has 0 bridgehead atoms. The van der Waals surface area contributed by atoms with E-state index < -0.39 is 0 Å². The molecule has 2 N–H and O–H groups in total. The van der Waals surface area contributed by atoms with E-state index in [1.54, 1.807) is 13.3 Å². The van der Waals surface area contributed by atoms with Crippen molar-refractivity contribution in [2.45, 2.75) is 38.8 Å². The zero-order valence-corrected chi connectivity index (χ0v) is 19.5. The van der Waals surface area contributed by atoms with Crippen molar-refractivity contribution in [3.8, 4) is 11.5 Å². The lowest BCUT2D eigenvalue weighted by atomic mass is 10.1. The number of nitrogens with zero attached hydrogens (tertiary/aromatic N) is 2. The third kappa shape index (κ3) is 7.94. The van der Waals surface area contributed by atoms with Gasteiger partial charge in [-0.15, -0.1) is 24.0 Å². The Kier molecular flexibility index (Phi) is 10.4. The average molecular weight is 514 g/mol. The van der Waals surface area contributed by atoms with Gasteiger partial charge in [-0.25, -0.2) is 4.98 Å². The molecule has 1 saturated heterocycles. The summed E-state index contributed by atoms with van der Waals surface area (Å²) in [4.78, 5) is 8.78. The molecule has 8 heteroatoms. The molecule has 0 aliphatic carbocycles. The van der Waals surface area contributed by atoms with Crippen molar-refractivity contribution < 1.29 is 13.9 Å². The molecule has 0 radical (unpaired) electrons. The van der Waals surface area contributed by atoms with Crippen LogP contribution in [0, 0.1) is 6.92 Å². The minimum Gasteiger partial charge on any atom is -0.444 e. The predicted molar refractivity (Wildman–Crippen MR) is 125 cm³/mol. The maximum absolute atomic E-state index is 5.88. The van der Waals surface area contributed by atoms with Crippen LogP contribution in [0.5, 0.6) is 0 Å². The lowest BCUT2D eigenvalue weighted by Gasteiger charge is -2.22. The van der Waals surface area contributed by atoms with Crippen LogP contribution in [0.2, 0.25) is 0 Å². The van der Waals surface area contributed by atoms with Gasteiger partial charge >= 0.3 is 0 Å². The molecular formula is C21H31IN4O3. The highest BCUT2D eigenvalue weighted by Gasteiger charge is 2.13. The molecule has 160 valence electrons. The van der Waals surface area contributed by atoms with Crippen LogP contribution in [-0.2, 0) is 16.0 Å². The predicted octanol–water partition coefficient (Wildman–Crippen LogP) is 3.52. The van der Waals surface area contributed by atoms with E-state index in [-0.39, 0.29) is 24.0 Å². The van der Waals surface area contributed by atoms with Crippen molar-refractivity contribution in [2.75, 3.05) is 33.4 Å². The van der Waals surface area contributed by atoms with E-state index in [9.17, 15) is 0 Å². The van der Waals surface area contributed by atoms with Gasteiger partial charge in [-0.1, -0.05) is 17.7 Å². The monoisotopic (exact) mass is 514 g/mol. The number of halogens is 1. The standard InChI is InChI=1S/C21H30N4O3.HI/c1-16-4-6-17(7-5-16)20-25-18(15-28-20)14-24-21(22-2)23-10-3-11-27-19-8-12-26-13-9-19;/h4-7,15,19H,3,8-14H2,1-2H3,(H2,22,23,24);1H. The summed E-state index contributed by atoms with van der Waals surface area (Å²) in [5, 5.41) is 6.56. The lowest BCUT2D eigenvalue weighted by molar-refractivity contribution is -0.0320. The second kappa shape index (κ2) is 12.8. The van der Waals surface area contributed by atoms with Gasteiger partial charge in [0.05, 0.1) is 18.3 Å². The highest BCUT2D eigenvalue weighted by molar-refractivity contribution is 14.0. The Hall–Kier alpha value is -1.65. The molecule has 1 aromatic heterocycles. The van der Waals surface area contributed by atoms with E-state index >= 15 is 0 Å². The van der Waals surface area contributed by atoms with Gasteiger partial charge in [-0.3, -0.25) is 4.99 Å². The number of ether oxygens (including phenoxy) is 2. The fraction of sp³-hybridized carbons (Fsp3) is 0.524. The average Bonchev–Trinajstić information content (AvgIpc) is 3.20. The van der Waals surface area contributed by atoms with Gasteiger partial charge in [0.2, 0.25) is 5.89 Å². The van der Waals surface area contributed by atoms with Crippen LogP contribution in [0.25, 0.3) is 11.5 Å². The topological polar surface area (TPSA) is 80.9 Å². The zero-order valence-electron chi connectivity index (χ0n) is 17.1. The van der Waals surface area contributed by atoms with Crippen LogP contribution in [0.4, 0.5) is 0 Å². The van der Waals surface area contributed by atoms with Gasteiger partial charge in [-0.05, 0) is 38.3 Å². The number of hydrogen-bond acceptors (Lipinski definition) is 5. The maximum atomic E-state index is 5.88. The maximum Gasteiger partial charge on any atom is 0.226 e. The van der Waals surface area contributed by atoms with E-state index in [4.69, 9.17) is 13.9 Å². The molecular weight excluding hydrogens is 483 g/mol. The van der Waals surface area contributed by atoms with Gasteiger partial charge in [0.15, 0.2) is 5.96 Å². The minimum atomic E-state index is 0. The molecule has 3 rings (SSSR count). The molecule has 1 fully saturated rings. The fourth-order valence-electron chi connectivity index (χ4n) is 2.98. The Balaban J connectivity index is 0.00000300. The molecule has 2 aromatic rings. The Morgan fingerprint density at radius 1 is 1.21 bits per heavy atom. The van der Waals surface area contributed by atoms with Gasteiger partial charge in [0.25, 0.3) is 0 Å². The van der Waals surface area contributed by atoms with Crippen molar-refractivity contribution >= 4 is 29.9 Å². The summed E-state index contributed by atoms with van der Waals surface area (Å²) in [7, 11) is 1.76. The van der Waals surface area contributed by atoms with Gasteiger partial charge < -0.3 is 24.5 Å². The third-order valence-corrected chi connectivity index (χ3v) is 4.65. The number of hydrogen-bond donors (Lipinski definition) is 2. The van der Waals surface area contributed by atoms with Crippen LogP contribution in [0.1, 0.15) is 30.5 Å². The smallest absolute Gasteiger partial charge is 0.226 e. The first-order chi connectivity index (χ1) is 13.7. The van der Waals surface area contributed by atoms with Crippen LogP contribution < -0.4 is 10.6 Å². The molecule has 29 heavy (non-hydrogen) atoms. The first-order valence-electron chi connectivity index (χ1n) is 9.90. The second-order valence-corrected chi connectivity index (χ2v) is 6.90. The zero-order chi connectivity index (χ0) is 19.6. The number of aromatic nitrogens is 1. The SMILES string of the molecule is CN=C(NCCCOC1CCOCC1)NCc1coc(-c2ccc(C)cc2)n1.I. The van der Waals surface area contributed by atoms with Crippen LogP contribution >= 0.6 is 24.0 Å². The van der Waals surface area contributed by atoms with E-state index in [1.165, 1.54) is 5.56 Å². The number of rotatable bonds is 8. The Bertz CT molecular complexity index is 743. The van der Waals surface area contributed by atoms with Crippen LogP contribution in [-0.4, -0.2) is 50.5 Å². The Morgan fingerprint density at radius 3 is 2.69 bits per heavy atom. The van der Waals surface area contributed by atoms with Crippen LogP contribution in [0.3, 0.4) is 0 Å². The normalized spacial score (nSPS) is 15.0. The van der Waals surface area contributed by atoms with E-state index in [1.807, 2.05) is 12.1 Å². The number of oxazole rings is 1. The summed E-state index contributed by atoms with van der Waals surface area (Å²) in [6.45, 7) is 5.78. The molecule has 0 unspecified atom stereocenters. The largest absolute Gasteiger partial charge is 0.444 e. The number of aliphatic imine (C=N–C) groups is 1. The van der Waals surface area contributed by atoms with Crippen molar-refractivity contribution in [3.63, 3.8) is 0 Å². The molecule has 0 saturated carbocycles. The van der Waals surface area contributed by atoms with Gasteiger partial charge in [-0.2, -0.15) is 0 Å². The summed E-state index contributed by atoms with van der Waals surface area (Å²) in [6, 6.07) is 8.13. The summed E-state index contributed by atoms with van der Waals surface area (Å²) in [6.07, 6.45) is 4.95. The number of aryl methyl sites for hydroxylation is 1. The second-order valence-electron chi connectivity index (χ2n) is 6.90. The van der Waals surface area contributed by atoms with E-state index in [2.05, 4.69) is 39.7 Å². The number of nitrogens with one attached hydrogen (secondary N) is 2. The molecule has 1 aromatic carbocycles. The van der Waals surface area contributed by atoms with Crippen molar-refractivity contribution in [1.29, 1.82) is 0 Å². The first-order valence-corrected chi connectivity index (χ1v) is 9.90. The molecule has 7 nitrogen and oxygen atoms in total. The van der Waals surface area contributed by atoms with Crippen LogP contribution in [0.15, 0.2) is 39.9 Å². The summed E-state index contributed by atoms with van der Waals surface area (Å²) in [5.74, 6) is 1.37. The fourth-order valence-corrected chi connectivity index (χ4v) is 2.98. The number of benzene rings is 1. The highest BCUT2D eigenvalue weighted by atomic mass is 127. The molecule has 1 aliphatic heterocycles. The number of guanidine groups is 1. The highest BCUT2D eigenvalue weighted by Crippen LogP contribution is 2.19. The third-order valence-electron chi connectivity index (χ3n) is 4.65.